The number of methoxy groups -OCH3 is 1. The smallest absolute Gasteiger partial charge is 0.434 e. The van der Waals surface area contributed by atoms with Crippen molar-refractivity contribution >= 4 is 53.4 Å². The molecular formula is C53H78F6N6O14. The highest BCUT2D eigenvalue weighted by Gasteiger charge is 2.60. The van der Waals surface area contributed by atoms with Gasteiger partial charge in [-0.25, -0.2) is 9.59 Å². The van der Waals surface area contributed by atoms with Crippen LogP contribution in [0.4, 0.5) is 31.1 Å². The number of hydrogen-bond donors (Lipinski definition) is 4. The first-order valence-electron chi connectivity index (χ1n) is 26.4. The lowest BCUT2D eigenvalue weighted by atomic mass is 9.91. The minimum absolute atomic E-state index is 0.0496. The number of ketones is 1. The number of ether oxygens (including phenoxy) is 4. The third kappa shape index (κ3) is 18.4. The van der Waals surface area contributed by atoms with Crippen molar-refractivity contribution in [3.8, 4) is 5.75 Å². The van der Waals surface area contributed by atoms with E-state index in [0.29, 0.717) is 24.8 Å². The summed E-state index contributed by atoms with van der Waals surface area (Å²) in [5.74, 6) is -11.4. The van der Waals surface area contributed by atoms with Crippen LogP contribution < -0.4 is 20.7 Å². The minimum Gasteiger partial charge on any atom is -0.497 e. The van der Waals surface area contributed by atoms with Gasteiger partial charge in [0.25, 0.3) is 6.10 Å². The second kappa shape index (κ2) is 28.8. The summed E-state index contributed by atoms with van der Waals surface area (Å²) >= 11 is 0. The number of esters is 2. The zero-order valence-electron chi connectivity index (χ0n) is 47.0. The number of nitrogens with one attached hydrogen (secondary N) is 3. The number of rotatable bonds is 14. The third-order valence-electron chi connectivity index (χ3n) is 14.1. The molecule has 2 heterocycles. The molecule has 1 aromatic carbocycles. The number of alkyl halides is 6. The van der Waals surface area contributed by atoms with Gasteiger partial charge in [-0.2, -0.15) is 26.3 Å². The number of Topliss-reactive ketones (excluding diaryl/α,β-unsaturated/α-hetero) is 1. The molecule has 2 fully saturated rings. The second-order valence-corrected chi connectivity index (χ2v) is 21.6. The van der Waals surface area contributed by atoms with Gasteiger partial charge in [0.15, 0.2) is 11.9 Å². The van der Waals surface area contributed by atoms with Gasteiger partial charge in [-0.3, -0.25) is 38.5 Å². The molecule has 1 aromatic rings. The van der Waals surface area contributed by atoms with Crippen molar-refractivity contribution < 1.29 is 93.5 Å². The Bertz CT molecular complexity index is 2290. The Morgan fingerprint density at radius 1 is 0.873 bits per heavy atom. The predicted molar refractivity (Wildman–Crippen MR) is 271 cm³/mol. The Kier molecular flexibility index (Phi) is 24.4. The van der Waals surface area contributed by atoms with E-state index < -0.39 is 163 Å². The summed E-state index contributed by atoms with van der Waals surface area (Å²) in [5, 5.41) is 19.3. The lowest BCUT2D eigenvalue weighted by Crippen LogP contribution is -2.61. The molecule has 0 spiro atoms. The fourth-order valence-corrected chi connectivity index (χ4v) is 9.23. The van der Waals surface area contributed by atoms with Gasteiger partial charge in [0, 0.05) is 27.1 Å². The molecule has 26 heteroatoms. The molecule has 2 aliphatic heterocycles. The fourth-order valence-electron chi connectivity index (χ4n) is 9.23. The average Bonchev–Trinajstić information content (AvgIpc) is 3.87. The monoisotopic (exact) mass is 1140 g/mol. The minimum atomic E-state index is -6.12. The average molecular weight is 1140 g/mol. The number of halogens is 6. The summed E-state index contributed by atoms with van der Waals surface area (Å²) in [7, 11) is 3.39. The molecule has 446 valence electrons. The standard InChI is InChI=1S/C53H78F6N6O14/c1-14-29(8)40-38(66)25-39(67)78-43(28(6)7)42(68)30(9)44(69)60-34(22-26(2)3)47(72)65-21-15-16-35(65)48(73)63(11)37(24-32-17-19-33(76-13)20-18-32)49(74)77-31(10)41(46(71)61-40)62-45(70)36(23-27(4)5)64(12)51(75)79-50(52(54,55)56)53(57,58)59/h17-20,26-31,34-38,40-41,43,50,66H,14-16,21-25H2,1-13H3,(H,60,69)(H,61,71)(H,62,70)/t29-,30-,31+,34-,35-,36+,37-,38-,40+,41-,43-/m0/s1. The van der Waals surface area contributed by atoms with E-state index in [-0.39, 0.29) is 43.0 Å². The van der Waals surface area contributed by atoms with Crippen molar-refractivity contribution in [1.82, 2.24) is 30.7 Å². The predicted octanol–water partition coefficient (Wildman–Crippen LogP) is 5.05. The number of aliphatic hydroxyl groups excluding tert-OH is 1. The zero-order chi connectivity index (χ0) is 60.2. The van der Waals surface area contributed by atoms with E-state index in [1.807, 2.05) is 0 Å². The summed E-state index contributed by atoms with van der Waals surface area (Å²) in [4.78, 5) is 131. The number of carbonyl (C=O) groups excluding carboxylic acids is 9. The maximum absolute atomic E-state index is 14.8. The van der Waals surface area contributed by atoms with Crippen LogP contribution >= 0.6 is 0 Å². The molecule has 0 unspecified atom stereocenters. The molecule has 20 nitrogen and oxygen atoms in total. The third-order valence-corrected chi connectivity index (χ3v) is 14.1. The maximum atomic E-state index is 14.8. The zero-order valence-corrected chi connectivity index (χ0v) is 47.0. The van der Waals surface area contributed by atoms with E-state index >= 15 is 0 Å². The van der Waals surface area contributed by atoms with E-state index in [1.54, 1.807) is 52.0 Å². The van der Waals surface area contributed by atoms with Crippen LogP contribution in [0.2, 0.25) is 0 Å². The summed E-state index contributed by atoms with van der Waals surface area (Å²) in [5.41, 5.74) is 0.450. The largest absolute Gasteiger partial charge is 0.497 e. The Balaban J connectivity index is 2.30. The molecule has 0 saturated carbocycles. The SMILES string of the molecule is CC[C@H](C)[C@H]1NC(=O)[C@@H](NC(=O)[C@@H](CC(C)C)N(C)C(=O)OC(C(F)(F)F)C(F)(F)F)[C@@H](C)OC(=O)[C@H](Cc2ccc(OC)cc2)N(C)C(=O)[C@@H]2CCCN2C(=O)[C@H](CC(C)C)NC(=O)[C@@H](C)C(=O)[C@H](C(C)C)OC(=O)C[C@@H]1O. The first-order valence-corrected chi connectivity index (χ1v) is 26.4. The molecule has 3 rings (SSSR count). The van der Waals surface area contributed by atoms with Crippen LogP contribution in [-0.4, -0.2) is 174 Å². The molecule has 79 heavy (non-hydrogen) atoms. The number of carbonyl (C=O) groups is 9. The van der Waals surface area contributed by atoms with Crippen molar-refractivity contribution in [3.63, 3.8) is 0 Å². The van der Waals surface area contributed by atoms with E-state index in [1.165, 1.54) is 53.7 Å². The van der Waals surface area contributed by atoms with Crippen molar-refractivity contribution in [2.75, 3.05) is 27.7 Å². The number of fused-ring (bicyclic) bond motifs is 1. The van der Waals surface area contributed by atoms with Crippen LogP contribution in [0.3, 0.4) is 0 Å². The van der Waals surface area contributed by atoms with Crippen molar-refractivity contribution in [2.45, 2.75) is 187 Å². The number of hydrogen-bond acceptors (Lipinski definition) is 14. The van der Waals surface area contributed by atoms with Gasteiger partial charge in [-0.05, 0) is 80.9 Å². The van der Waals surface area contributed by atoms with Crippen LogP contribution in [0.5, 0.6) is 5.75 Å². The molecule has 11 atom stereocenters. The Labute approximate surface area is 456 Å². The van der Waals surface area contributed by atoms with Gasteiger partial charge in [0.1, 0.15) is 42.1 Å². The summed E-state index contributed by atoms with van der Waals surface area (Å²) in [6.45, 7) is 15.3. The van der Waals surface area contributed by atoms with Crippen LogP contribution in [0.15, 0.2) is 24.3 Å². The van der Waals surface area contributed by atoms with Crippen molar-refractivity contribution in [1.29, 1.82) is 0 Å². The number of likely N-dealkylation sites (N-methyl/N-ethyl adjacent to an activating group) is 2. The molecular weight excluding hydrogens is 1060 g/mol. The molecule has 0 aliphatic carbocycles. The van der Waals surface area contributed by atoms with E-state index in [0.717, 1.165) is 11.8 Å². The Morgan fingerprint density at radius 2 is 1.47 bits per heavy atom. The fraction of sp³-hybridized carbons (Fsp3) is 0.717. The highest BCUT2D eigenvalue weighted by atomic mass is 19.4. The number of cyclic esters (lactones) is 2. The number of nitrogens with zero attached hydrogens (tertiary/aromatic N) is 3. The van der Waals surface area contributed by atoms with Crippen LogP contribution in [0, 0.1) is 29.6 Å². The summed E-state index contributed by atoms with van der Waals surface area (Å²) in [6, 6.07) is -3.15. The number of aliphatic hydroxyl groups is 1. The first kappa shape index (κ1) is 67.1. The lowest BCUT2D eigenvalue weighted by molar-refractivity contribution is -0.308. The van der Waals surface area contributed by atoms with Gasteiger partial charge in [0.05, 0.1) is 31.6 Å². The van der Waals surface area contributed by atoms with Gasteiger partial charge in [-0.15, -0.1) is 0 Å². The lowest BCUT2D eigenvalue weighted by Gasteiger charge is -2.36. The van der Waals surface area contributed by atoms with E-state index in [4.69, 9.17) is 14.2 Å². The molecule has 2 aliphatic rings. The topological polar surface area (TPSA) is 257 Å². The normalized spacial score (nSPS) is 25.8. The Hall–Kier alpha value is -6.21. The highest BCUT2D eigenvalue weighted by Crippen LogP contribution is 2.36. The molecule has 0 bridgehead atoms. The molecule has 6 amide bonds. The van der Waals surface area contributed by atoms with Crippen LogP contribution in [0.1, 0.15) is 113 Å². The first-order chi connectivity index (χ1) is 36.5. The van der Waals surface area contributed by atoms with Crippen LogP contribution in [-0.2, 0) is 59.0 Å². The van der Waals surface area contributed by atoms with Gasteiger partial charge < -0.3 is 49.8 Å². The Morgan fingerprint density at radius 3 is 1.99 bits per heavy atom. The molecule has 0 radical (unpaired) electrons. The van der Waals surface area contributed by atoms with Gasteiger partial charge in [0.2, 0.25) is 29.5 Å². The van der Waals surface area contributed by atoms with E-state index in [2.05, 4.69) is 20.7 Å². The molecule has 2 saturated heterocycles. The molecule has 0 aromatic heterocycles. The van der Waals surface area contributed by atoms with Gasteiger partial charge in [-0.1, -0.05) is 73.9 Å². The van der Waals surface area contributed by atoms with E-state index in [9.17, 15) is 74.6 Å². The van der Waals surface area contributed by atoms with Crippen LogP contribution in [0.25, 0.3) is 0 Å². The summed E-state index contributed by atoms with van der Waals surface area (Å²) in [6.07, 6.45) is -25.1. The number of benzene rings is 1. The quantitative estimate of drug-likeness (QED) is 0.0824. The maximum Gasteiger partial charge on any atom is 0.434 e. The highest BCUT2D eigenvalue weighted by molar-refractivity contribution is 6.05. The number of amides is 6. The van der Waals surface area contributed by atoms with Crippen molar-refractivity contribution in [3.05, 3.63) is 29.8 Å². The summed E-state index contributed by atoms with van der Waals surface area (Å²) < 4.78 is 102. The van der Waals surface area contributed by atoms with Gasteiger partial charge >= 0.3 is 30.4 Å². The second-order valence-electron chi connectivity index (χ2n) is 21.6. The molecule has 4 N–H and O–H groups in total. The van der Waals surface area contributed by atoms with Crippen molar-refractivity contribution in [2.24, 2.45) is 29.6 Å².